The van der Waals surface area contributed by atoms with E-state index in [9.17, 15) is 0 Å². The van der Waals surface area contributed by atoms with E-state index >= 15 is 0 Å². The number of methoxy groups -OCH3 is 2. The van der Waals surface area contributed by atoms with Crippen LogP contribution in [-0.2, 0) is 4.74 Å². The molecule has 0 spiro atoms. The van der Waals surface area contributed by atoms with Crippen LogP contribution in [-0.4, -0.2) is 38.4 Å². The molecule has 0 amide bonds. The molecule has 106 valence electrons. The van der Waals surface area contributed by atoms with Crippen molar-refractivity contribution in [1.82, 2.24) is 0 Å². The summed E-state index contributed by atoms with van der Waals surface area (Å²) in [5.74, 6) is 0.790. The molecule has 5 heteroatoms. The third-order valence-electron chi connectivity index (χ3n) is 3.06. The minimum absolute atomic E-state index is 0.232. The SMILES string of the molecule is CCN(c1cc(OC)ccc1C(N)=S)C(C)COC. The van der Waals surface area contributed by atoms with Gasteiger partial charge in [0.2, 0.25) is 0 Å². The minimum atomic E-state index is 0.232. The minimum Gasteiger partial charge on any atom is -0.497 e. The van der Waals surface area contributed by atoms with Crippen molar-refractivity contribution in [3.8, 4) is 5.75 Å². The molecule has 0 aliphatic rings. The van der Waals surface area contributed by atoms with Crippen LogP contribution >= 0.6 is 12.2 Å². The summed E-state index contributed by atoms with van der Waals surface area (Å²) in [5.41, 5.74) is 7.65. The van der Waals surface area contributed by atoms with Crippen molar-refractivity contribution in [2.75, 3.05) is 32.3 Å². The number of hydrogen-bond donors (Lipinski definition) is 1. The predicted molar refractivity (Wildman–Crippen MR) is 83.2 cm³/mol. The lowest BCUT2D eigenvalue weighted by Crippen LogP contribution is -2.37. The fraction of sp³-hybridized carbons (Fsp3) is 0.500. The topological polar surface area (TPSA) is 47.7 Å². The van der Waals surface area contributed by atoms with Gasteiger partial charge >= 0.3 is 0 Å². The van der Waals surface area contributed by atoms with E-state index in [-0.39, 0.29) is 6.04 Å². The number of hydrogen-bond acceptors (Lipinski definition) is 4. The first-order chi connectivity index (χ1) is 9.04. The second-order valence-electron chi connectivity index (χ2n) is 4.34. The second kappa shape index (κ2) is 7.31. The molecule has 0 aromatic heterocycles. The zero-order valence-electron chi connectivity index (χ0n) is 12.0. The highest BCUT2D eigenvalue weighted by molar-refractivity contribution is 7.80. The Labute approximate surface area is 120 Å². The molecule has 1 rings (SSSR count). The van der Waals surface area contributed by atoms with E-state index in [1.807, 2.05) is 18.2 Å². The number of nitrogens with two attached hydrogens (primary N) is 1. The van der Waals surface area contributed by atoms with E-state index in [1.54, 1.807) is 14.2 Å². The summed E-state index contributed by atoms with van der Waals surface area (Å²) < 4.78 is 10.5. The van der Waals surface area contributed by atoms with Crippen LogP contribution in [0.15, 0.2) is 18.2 Å². The van der Waals surface area contributed by atoms with Gasteiger partial charge in [-0.05, 0) is 26.0 Å². The number of benzene rings is 1. The van der Waals surface area contributed by atoms with Crippen molar-refractivity contribution in [3.05, 3.63) is 23.8 Å². The van der Waals surface area contributed by atoms with Crippen molar-refractivity contribution in [2.24, 2.45) is 5.73 Å². The van der Waals surface area contributed by atoms with Gasteiger partial charge in [0.15, 0.2) is 0 Å². The van der Waals surface area contributed by atoms with Crippen LogP contribution in [0.2, 0.25) is 0 Å². The van der Waals surface area contributed by atoms with Crippen LogP contribution in [0, 0.1) is 0 Å². The first-order valence-electron chi connectivity index (χ1n) is 6.28. The van der Waals surface area contributed by atoms with Gasteiger partial charge in [0.25, 0.3) is 0 Å². The number of rotatable bonds is 7. The van der Waals surface area contributed by atoms with Crippen LogP contribution in [0.3, 0.4) is 0 Å². The highest BCUT2D eigenvalue weighted by Crippen LogP contribution is 2.27. The van der Waals surface area contributed by atoms with Crippen molar-refractivity contribution in [1.29, 1.82) is 0 Å². The second-order valence-corrected chi connectivity index (χ2v) is 4.78. The number of anilines is 1. The molecule has 0 aliphatic heterocycles. The Hall–Kier alpha value is -1.33. The average molecular weight is 282 g/mol. The van der Waals surface area contributed by atoms with Crippen LogP contribution in [0.5, 0.6) is 5.75 Å². The van der Waals surface area contributed by atoms with Crippen molar-refractivity contribution in [2.45, 2.75) is 19.9 Å². The van der Waals surface area contributed by atoms with E-state index < -0.39 is 0 Å². The Morgan fingerprint density at radius 3 is 2.58 bits per heavy atom. The molecule has 0 radical (unpaired) electrons. The van der Waals surface area contributed by atoms with Gasteiger partial charge in [0.05, 0.1) is 19.4 Å². The standard InChI is InChI=1S/C14H22N2O2S/c1-5-16(10(2)9-17-3)13-8-11(18-4)6-7-12(13)14(15)19/h6-8,10H,5,9H2,1-4H3,(H2,15,19). The molecule has 1 aromatic carbocycles. The smallest absolute Gasteiger partial charge is 0.120 e. The first kappa shape index (κ1) is 15.7. The lowest BCUT2D eigenvalue weighted by molar-refractivity contribution is 0.182. The molecule has 2 N–H and O–H groups in total. The molecular weight excluding hydrogens is 260 g/mol. The quantitative estimate of drug-likeness (QED) is 0.777. The Bertz CT molecular complexity index is 437. The lowest BCUT2D eigenvalue weighted by atomic mass is 10.1. The summed E-state index contributed by atoms with van der Waals surface area (Å²) in [6.45, 7) is 5.68. The number of ether oxygens (including phenoxy) is 2. The van der Waals surface area contributed by atoms with E-state index in [4.69, 9.17) is 27.4 Å². The Morgan fingerprint density at radius 1 is 1.42 bits per heavy atom. The molecule has 0 aliphatic carbocycles. The Balaban J connectivity index is 3.22. The number of likely N-dealkylation sites (N-methyl/N-ethyl adjacent to an activating group) is 1. The molecule has 4 nitrogen and oxygen atoms in total. The summed E-state index contributed by atoms with van der Waals surface area (Å²) >= 11 is 5.13. The lowest BCUT2D eigenvalue weighted by Gasteiger charge is -2.31. The van der Waals surface area contributed by atoms with E-state index in [0.717, 1.165) is 23.5 Å². The summed E-state index contributed by atoms with van der Waals surface area (Å²) in [4.78, 5) is 2.60. The number of thiocarbonyl (C=S) groups is 1. The highest BCUT2D eigenvalue weighted by atomic mass is 32.1. The highest BCUT2D eigenvalue weighted by Gasteiger charge is 2.18. The number of nitrogens with zero attached hydrogens (tertiary/aromatic N) is 1. The summed E-state index contributed by atoms with van der Waals surface area (Å²) in [6.07, 6.45) is 0. The van der Waals surface area contributed by atoms with Gasteiger partial charge in [-0.25, -0.2) is 0 Å². The molecule has 19 heavy (non-hydrogen) atoms. The zero-order valence-corrected chi connectivity index (χ0v) is 12.8. The normalized spacial score (nSPS) is 12.0. The largest absolute Gasteiger partial charge is 0.497 e. The maximum atomic E-state index is 5.81. The summed E-state index contributed by atoms with van der Waals surface area (Å²) in [7, 11) is 3.35. The van der Waals surface area contributed by atoms with Crippen LogP contribution in [0.1, 0.15) is 19.4 Å². The van der Waals surface area contributed by atoms with Gasteiger partial charge in [0, 0.05) is 31.3 Å². The molecule has 0 fully saturated rings. The maximum absolute atomic E-state index is 5.81. The van der Waals surface area contributed by atoms with Gasteiger partial charge in [-0.3, -0.25) is 0 Å². The fourth-order valence-electron chi connectivity index (χ4n) is 2.14. The van der Waals surface area contributed by atoms with Crippen molar-refractivity contribution < 1.29 is 9.47 Å². The Kier molecular flexibility index (Phi) is 6.05. The van der Waals surface area contributed by atoms with E-state index in [1.165, 1.54) is 0 Å². The van der Waals surface area contributed by atoms with Crippen molar-refractivity contribution >= 4 is 22.9 Å². The molecule has 1 aromatic rings. The first-order valence-corrected chi connectivity index (χ1v) is 6.69. The van der Waals surface area contributed by atoms with Gasteiger partial charge in [-0.15, -0.1) is 0 Å². The summed E-state index contributed by atoms with van der Waals surface area (Å²) in [6, 6.07) is 5.96. The molecule has 0 saturated heterocycles. The molecule has 1 unspecified atom stereocenters. The van der Waals surface area contributed by atoms with Crippen LogP contribution < -0.4 is 15.4 Å². The van der Waals surface area contributed by atoms with Crippen LogP contribution in [0.25, 0.3) is 0 Å². The molecule has 1 atom stereocenters. The van der Waals surface area contributed by atoms with E-state index in [0.29, 0.717) is 11.6 Å². The average Bonchev–Trinajstić information content (AvgIpc) is 2.39. The monoisotopic (exact) mass is 282 g/mol. The molecule has 0 heterocycles. The van der Waals surface area contributed by atoms with E-state index in [2.05, 4.69) is 18.7 Å². The van der Waals surface area contributed by atoms with Gasteiger partial charge in [-0.1, -0.05) is 12.2 Å². The summed E-state index contributed by atoms with van der Waals surface area (Å²) in [5, 5.41) is 0. The maximum Gasteiger partial charge on any atom is 0.120 e. The predicted octanol–water partition coefficient (Wildman–Crippen LogP) is 2.19. The van der Waals surface area contributed by atoms with Crippen LogP contribution in [0.4, 0.5) is 5.69 Å². The fourth-order valence-corrected chi connectivity index (χ4v) is 2.31. The molecule has 0 saturated carbocycles. The molecule has 0 bridgehead atoms. The van der Waals surface area contributed by atoms with Gasteiger partial charge < -0.3 is 20.1 Å². The van der Waals surface area contributed by atoms with Crippen molar-refractivity contribution in [3.63, 3.8) is 0 Å². The van der Waals surface area contributed by atoms with Gasteiger partial charge in [0.1, 0.15) is 10.7 Å². The third kappa shape index (κ3) is 3.81. The van der Waals surface area contributed by atoms with Gasteiger partial charge in [-0.2, -0.15) is 0 Å². The Morgan fingerprint density at radius 2 is 2.11 bits per heavy atom. The third-order valence-corrected chi connectivity index (χ3v) is 3.28. The molecular formula is C14H22N2O2S. The zero-order chi connectivity index (χ0) is 14.4.